The van der Waals surface area contributed by atoms with Crippen LogP contribution in [0.2, 0.25) is 0 Å². The summed E-state index contributed by atoms with van der Waals surface area (Å²) in [5, 5.41) is 0. The summed E-state index contributed by atoms with van der Waals surface area (Å²) in [7, 11) is 0. The van der Waals surface area contributed by atoms with Crippen molar-refractivity contribution in [3.8, 4) is 5.75 Å². The van der Waals surface area contributed by atoms with Gasteiger partial charge < -0.3 is 10.5 Å². The molecule has 1 aromatic rings. The molecule has 1 aromatic carbocycles. The molecule has 0 saturated carbocycles. The Morgan fingerprint density at radius 1 is 1.50 bits per heavy atom. The van der Waals surface area contributed by atoms with Gasteiger partial charge >= 0.3 is 6.61 Å². The summed E-state index contributed by atoms with van der Waals surface area (Å²) in [5.41, 5.74) is 5.09. The maximum absolute atomic E-state index is 13.5. The van der Waals surface area contributed by atoms with Gasteiger partial charge in [0.25, 0.3) is 0 Å². The van der Waals surface area contributed by atoms with E-state index in [9.17, 15) is 13.2 Å². The number of halogens is 4. The molecule has 0 atom stereocenters. The number of nitrogens with zero attached hydrogens (tertiary/aromatic N) is 1. The normalized spacial score (nSPS) is 11.9. The van der Waals surface area contributed by atoms with Crippen LogP contribution in [0.1, 0.15) is 0 Å². The minimum Gasteiger partial charge on any atom is -0.432 e. The Labute approximate surface area is 94.7 Å². The van der Waals surface area contributed by atoms with Crippen LogP contribution in [0, 0.1) is 5.82 Å². The molecule has 0 unspecified atom stereocenters. The van der Waals surface area contributed by atoms with Gasteiger partial charge in [-0.05, 0) is 12.1 Å². The zero-order chi connectivity index (χ0) is 12.1. The highest BCUT2D eigenvalue weighted by atomic mass is 35.5. The van der Waals surface area contributed by atoms with Crippen LogP contribution in [0.3, 0.4) is 0 Å². The Balaban J connectivity index is 3.04. The average Bonchev–Trinajstić information content (AvgIpc) is 2.23. The first kappa shape index (κ1) is 12.6. The first-order valence-corrected chi connectivity index (χ1v) is 4.70. The fourth-order valence-corrected chi connectivity index (χ4v) is 1.02. The van der Waals surface area contributed by atoms with Crippen LogP contribution in [0.5, 0.6) is 5.75 Å². The SMILES string of the molecule is NC(CCl)=Nc1cccc(OC(F)F)c1F. The van der Waals surface area contributed by atoms with E-state index in [-0.39, 0.29) is 17.4 Å². The van der Waals surface area contributed by atoms with Crippen LogP contribution in [-0.4, -0.2) is 18.3 Å². The molecule has 0 aliphatic carbocycles. The molecule has 2 N–H and O–H groups in total. The van der Waals surface area contributed by atoms with E-state index in [0.29, 0.717) is 0 Å². The first-order valence-electron chi connectivity index (χ1n) is 4.17. The van der Waals surface area contributed by atoms with E-state index in [1.807, 2.05) is 0 Å². The first-order chi connectivity index (χ1) is 7.54. The second-order valence-electron chi connectivity index (χ2n) is 2.70. The molecule has 0 aromatic heterocycles. The smallest absolute Gasteiger partial charge is 0.387 e. The van der Waals surface area contributed by atoms with Gasteiger partial charge in [-0.3, -0.25) is 0 Å². The summed E-state index contributed by atoms with van der Waals surface area (Å²) >= 11 is 5.35. The third-order valence-electron chi connectivity index (χ3n) is 1.56. The van der Waals surface area contributed by atoms with Gasteiger partial charge in [0.15, 0.2) is 11.6 Å². The van der Waals surface area contributed by atoms with Crippen molar-refractivity contribution in [2.24, 2.45) is 10.7 Å². The molecular weight excluding hydrogens is 245 g/mol. The standard InChI is InChI=1S/C9H8ClF3N2O/c10-4-7(14)15-5-2-1-3-6(8(5)11)16-9(12)13/h1-3,9H,4H2,(H2,14,15). The summed E-state index contributed by atoms with van der Waals surface area (Å²) in [6.45, 7) is -3.10. The highest BCUT2D eigenvalue weighted by Crippen LogP contribution is 2.27. The minimum absolute atomic E-state index is 0.0187. The summed E-state index contributed by atoms with van der Waals surface area (Å²) in [6, 6.07) is 3.66. The molecule has 3 nitrogen and oxygen atoms in total. The Hall–Kier alpha value is -1.43. The fraction of sp³-hybridized carbons (Fsp3) is 0.222. The molecule has 88 valence electrons. The monoisotopic (exact) mass is 252 g/mol. The lowest BCUT2D eigenvalue weighted by molar-refractivity contribution is -0.0521. The molecule has 16 heavy (non-hydrogen) atoms. The van der Waals surface area contributed by atoms with Gasteiger partial charge in [0, 0.05) is 0 Å². The second-order valence-corrected chi connectivity index (χ2v) is 2.97. The van der Waals surface area contributed by atoms with Crippen molar-refractivity contribution in [2.75, 3.05) is 5.88 Å². The number of hydrogen-bond donors (Lipinski definition) is 1. The van der Waals surface area contributed by atoms with Crippen LogP contribution < -0.4 is 10.5 Å². The predicted molar refractivity (Wildman–Crippen MR) is 55.0 cm³/mol. The number of benzene rings is 1. The lowest BCUT2D eigenvalue weighted by Crippen LogP contribution is -2.12. The molecular formula is C9H8ClF3N2O. The fourth-order valence-electron chi connectivity index (χ4n) is 0.957. The van der Waals surface area contributed by atoms with Gasteiger partial charge in [0.2, 0.25) is 0 Å². The summed E-state index contributed by atoms with van der Waals surface area (Å²) in [6.07, 6.45) is 0. The minimum atomic E-state index is -3.10. The van der Waals surface area contributed by atoms with E-state index in [0.717, 1.165) is 6.07 Å². The van der Waals surface area contributed by atoms with Gasteiger partial charge in [-0.1, -0.05) is 6.07 Å². The average molecular weight is 253 g/mol. The Morgan fingerprint density at radius 2 is 2.19 bits per heavy atom. The van der Waals surface area contributed by atoms with Crippen LogP contribution >= 0.6 is 11.6 Å². The molecule has 0 aliphatic rings. The number of alkyl halides is 3. The highest BCUT2D eigenvalue weighted by Gasteiger charge is 2.12. The van der Waals surface area contributed by atoms with Crippen LogP contribution in [0.4, 0.5) is 18.9 Å². The predicted octanol–water partition coefficient (Wildman–Crippen LogP) is 2.65. The Bertz CT molecular complexity index is 398. The largest absolute Gasteiger partial charge is 0.432 e. The van der Waals surface area contributed by atoms with Gasteiger partial charge in [-0.15, -0.1) is 11.6 Å². The Morgan fingerprint density at radius 3 is 2.75 bits per heavy atom. The van der Waals surface area contributed by atoms with Crippen molar-refractivity contribution in [2.45, 2.75) is 6.61 Å². The van der Waals surface area contributed by atoms with Crippen LogP contribution in [0.25, 0.3) is 0 Å². The van der Waals surface area contributed by atoms with Crippen molar-refractivity contribution < 1.29 is 17.9 Å². The van der Waals surface area contributed by atoms with Crippen LogP contribution in [0.15, 0.2) is 23.2 Å². The number of nitrogens with two attached hydrogens (primary N) is 1. The van der Waals surface area contributed by atoms with Crippen molar-refractivity contribution in [3.63, 3.8) is 0 Å². The quantitative estimate of drug-likeness (QED) is 0.509. The molecule has 0 heterocycles. The van der Waals surface area contributed by atoms with Gasteiger partial charge in [0.1, 0.15) is 11.5 Å². The van der Waals surface area contributed by atoms with Crippen LogP contribution in [-0.2, 0) is 0 Å². The third kappa shape index (κ3) is 3.30. The maximum Gasteiger partial charge on any atom is 0.387 e. The maximum atomic E-state index is 13.5. The lowest BCUT2D eigenvalue weighted by Gasteiger charge is -2.06. The van der Waals surface area contributed by atoms with Crippen molar-refractivity contribution >= 4 is 23.1 Å². The summed E-state index contributed by atoms with van der Waals surface area (Å²) < 4.78 is 41.2. The van der Waals surface area contributed by atoms with Crippen molar-refractivity contribution in [1.29, 1.82) is 0 Å². The molecule has 0 fully saturated rings. The van der Waals surface area contributed by atoms with E-state index in [2.05, 4.69) is 9.73 Å². The van der Waals surface area contributed by atoms with Gasteiger partial charge in [-0.25, -0.2) is 9.38 Å². The van der Waals surface area contributed by atoms with E-state index in [1.54, 1.807) is 0 Å². The number of aliphatic imine (C=N–C) groups is 1. The molecule has 1 rings (SSSR count). The molecule has 0 bridgehead atoms. The molecule has 0 spiro atoms. The number of hydrogen-bond acceptors (Lipinski definition) is 2. The molecule has 7 heteroatoms. The summed E-state index contributed by atoms with van der Waals surface area (Å²) in [5.74, 6) is -1.69. The van der Waals surface area contributed by atoms with E-state index < -0.39 is 18.2 Å². The van der Waals surface area contributed by atoms with E-state index >= 15 is 0 Å². The molecule has 0 saturated heterocycles. The zero-order valence-corrected chi connectivity index (χ0v) is 8.72. The van der Waals surface area contributed by atoms with E-state index in [1.165, 1.54) is 12.1 Å². The van der Waals surface area contributed by atoms with Crippen molar-refractivity contribution in [1.82, 2.24) is 0 Å². The van der Waals surface area contributed by atoms with Crippen molar-refractivity contribution in [3.05, 3.63) is 24.0 Å². The third-order valence-corrected chi connectivity index (χ3v) is 1.83. The molecule has 0 radical (unpaired) electrons. The van der Waals surface area contributed by atoms with E-state index in [4.69, 9.17) is 17.3 Å². The molecule has 0 amide bonds. The zero-order valence-electron chi connectivity index (χ0n) is 7.96. The molecule has 0 aliphatic heterocycles. The highest BCUT2D eigenvalue weighted by molar-refractivity contribution is 6.28. The summed E-state index contributed by atoms with van der Waals surface area (Å²) in [4.78, 5) is 3.61. The lowest BCUT2D eigenvalue weighted by atomic mass is 10.3. The number of rotatable bonds is 4. The topological polar surface area (TPSA) is 47.6 Å². The second kappa shape index (κ2) is 5.60. The van der Waals surface area contributed by atoms with Gasteiger partial charge in [-0.2, -0.15) is 8.78 Å². The number of ether oxygens (including phenoxy) is 1. The van der Waals surface area contributed by atoms with Gasteiger partial charge in [0.05, 0.1) is 5.88 Å². The number of amidine groups is 1. The Kier molecular flexibility index (Phi) is 4.42.